The van der Waals surface area contributed by atoms with Crippen LogP contribution in [0.15, 0.2) is 18.3 Å². The van der Waals surface area contributed by atoms with Crippen molar-refractivity contribution in [1.29, 1.82) is 0 Å². The van der Waals surface area contributed by atoms with Gasteiger partial charge in [0.05, 0.1) is 0 Å². The number of nitrogens with one attached hydrogen (secondary N) is 1. The van der Waals surface area contributed by atoms with Crippen LogP contribution in [-0.2, 0) is 0 Å². The van der Waals surface area contributed by atoms with Crippen LogP contribution in [0.2, 0.25) is 0 Å². The van der Waals surface area contributed by atoms with E-state index in [-0.39, 0.29) is 6.03 Å². The third kappa shape index (κ3) is 3.72. The summed E-state index contributed by atoms with van der Waals surface area (Å²) >= 11 is 0. The van der Waals surface area contributed by atoms with Gasteiger partial charge in [0.15, 0.2) is 5.82 Å². The van der Waals surface area contributed by atoms with Crippen molar-refractivity contribution in [2.75, 3.05) is 51.6 Å². The van der Waals surface area contributed by atoms with Crippen molar-refractivity contribution in [2.24, 2.45) is 0 Å². The lowest BCUT2D eigenvalue weighted by atomic mass is 10.0. The van der Waals surface area contributed by atoms with Crippen molar-refractivity contribution in [1.82, 2.24) is 24.9 Å². The van der Waals surface area contributed by atoms with Gasteiger partial charge in [0.2, 0.25) is 0 Å². The number of likely N-dealkylation sites (tertiary alicyclic amines) is 1. The fraction of sp³-hybridized carbons (Fsp3) is 0.667. The number of aromatic nitrogens is 2. The summed E-state index contributed by atoms with van der Waals surface area (Å²) in [6.45, 7) is 5.79. The molecule has 0 aromatic carbocycles. The summed E-state index contributed by atoms with van der Waals surface area (Å²) in [4.78, 5) is 19.0. The number of rotatable bonds is 2. The highest BCUT2D eigenvalue weighted by molar-refractivity contribution is 5.88. The zero-order valence-corrected chi connectivity index (χ0v) is 13.1. The Bertz CT molecular complexity index is 488. The number of amides is 2. The molecule has 3 rings (SSSR count). The van der Waals surface area contributed by atoms with E-state index in [1.54, 1.807) is 18.3 Å². The second-order valence-corrected chi connectivity index (χ2v) is 6.12. The van der Waals surface area contributed by atoms with Gasteiger partial charge in [-0.1, -0.05) is 0 Å². The summed E-state index contributed by atoms with van der Waals surface area (Å²) in [5, 5.41) is 10.5. The minimum absolute atomic E-state index is 0.0825. The lowest BCUT2D eigenvalue weighted by Crippen LogP contribution is -2.56. The molecule has 1 aromatic rings. The van der Waals surface area contributed by atoms with Gasteiger partial charge in [0.25, 0.3) is 0 Å². The average Bonchev–Trinajstić information content (AvgIpc) is 2.56. The number of carbonyl (C=O) groups is 1. The van der Waals surface area contributed by atoms with Crippen LogP contribution >= 0.6 is 0 Å². The Hall–Kier alpha value is -1.73. The Morgan fingerprint density at radius 1 is 1.27 bits per heavy atom. The minimum Gasteiger partial charge on any atom is -0.322 e. The van der Waals surface area contributed by atoms with Crippen LogP contribution in [0, 0.1) is 0 Å². The Labute approximate surface area is 131 Å². The number of piperazine rings is 1. The van der Waals surface area contributed by atoms with E-state index < -0.39 is 0 Å². The van der Waals surface area contributed by atoms with Crippen LogP contribution in [0.4, 0.5) is 10.6 Å². The molecule has 0 radical (unpaired) electrons. The molecule has 2 saturated heterocycles. The molecule has 2 aliphatic heterocycles. The molecule has 7 heteroatoms. The van der Waals surface area contributed by atoms with E-state index in [0.29, 0.717) is 11.9 Å². The van der Waals surface area contributed by atoms with E-state index >= 15 is 0 Å². The maximum Gasteiger partial charge on any atom is 0.323 e. The smallest absolute Gasteiger partial charge is 0.322 e. The molecule has 0 bridgehead atoms. The molecule has 120 valence electrons. The summed E-state index contributed by atoms with van der Waals surface area (Å²) in [7, 11) is 2.19. The molecule has 1 N–H and O–H groups in total. The van der Waals surface area contributed by atoms with Gasteiger partial charge in [-0.05, 0) is 38.6 Å². The highest BCUT2D eigenvalue weighted by atomic mass is 16.2. The van der Waals surface area contributed by atoms with Gasteiger partial charge >= 0.3 is 6.03 Å². The second kappa shape index (κ2) is 7.02. The van der Waals surface area contributed by atoms with Crippen LogP contribution < -0.4 is 5.32 Å². The molecule has 7 nitrogen and oxygen atoms in total. The molecule has 1 atom stereocenters. The van der Waals surface area contributed by atoms with Gasteiger partial charge in [-0.15, -0.1) is 5.10 Å². The van der Waals surface area contributed by atoms with E-state index in [9.17, 15) is 4.79 Å². The number of nitrogens with zero attached hydrogens (tertiary/aromatic N) is 5. The van der Waals surface area contributed by atoms with Crippen molar-refractivity contribution in [3.8, 4) is 0 Å². The lowest BCUT2D eigenvalue weighted by Gasteiger charge is -2.42. The molecule has 1 aromatic heterocycles. The Balaban J connectivity index is 1.48. The van der Waals surface area contributed by atoms with Crippen molar-refractivity contribution in [2.45, 2.75) is 18.9 Å². The first-order chi connectivity index (χ1) is 10.7. The number of urea groups is 1. The Morgan fingerprint density at radius 3 is 2.77 bits per heavy atom. The van der Waals surface area contributed by atoms with Crippen LogP contribution in [0.5, 0.6) is 0 Å². The van der Waals surface area contributed by atoms with Crippen molar-refractivity contribution >= 4 is 11.8 Å². The molecule has 0 spiro atoms. The molecule has 2 fully saturated rings. The summed E-state index contributed by atoms with van der Waals surface area (Å²) in [6.07, 6.45) is 4.14. The zero-order valence-electron chi connectivity index (χ0n) is 13.1. The number of hydrogen-bond donors (Lipinski definition) is 1. The molecular formula is C15H24N6O. The number of likely N-dealkylation sites (N-methyl/N-ethyl adjacent to an activating group) is 1. The van der Waals surface area contributed by atoms with Crippen LogP contribution in [-0.4, -0.2) is 83.3 Å². The van der Waals surface area contributed by atoms with Crippen molar-refractivity contribution in [3.63, 3.8) is 0 Å². The van der Waals surface area contributed by atoms with Crippen molar-refractivity contribution < 1.29 is 4.79 Å². The lowest BCUT2D eigenvalue weighted by molar-refractivity contribution is 0.0717. The normalized spacial score (nSPS) is 24.2. The number of carbonyl (C=O) groups excluding carboxylic acids is 1. The van der Waals surface area contributed by atoms with Crippen molar-refractivity contribution in [3.05, 3.63) is 18.3 Å². The Kier molecular flexibility index (Phi) is 4.84. The first-order valence-corrected chi connectivity index (χ1v) is 7.98. The quantitative estimate of drug-likeness (QED) is 0.872. The van der Waals surface area contributed by atoms with E-state index in [1.807, 2.05) is 4.90 Å². The van der Waals surface area contributed by atoms with Crippen LogP contribution in [0.1, 0.15) is 12.8 Å². The van der Waals surface area contributed by atoms with Gasteiger partial charge in [0, 0.05) is 45.0 Å². The van der Waals surface area contributed by atoms with Gasteiger partial charge < -0.3 is 9.80 Å². The minimum atomic E-state index is -0.0825. The molecule has 22 heavy (non-hydrogen) atoms. The summed E-state index contributed by atoms with van der Waals surface area (Å²) in [6, 6.07) is 4.07. The maximum absolute atomic E-state index is 12.2. The average molecular weight is 304 g/mol. The molecule has 0 saturated carbocycles. The summed E-state index contributed by atoms with van der Waals surface area (Å²) in [5.74, 6) is 0.504. The first-order valence-electron chi connectivity index (χ1n) is 7.98. The first kappa shape index (κ1) is 15.2. The van der Waals surface area contributed by atoms with Gasteiger partial charge in [-0.2, -0.15) is 5.10 Å². The Morgan fingerprint density at radius 2 is 2.09 bits per heavy atom. The fourth-order valence-electron chi connectivity index (χ4n) is 3.28. The van der Waals surface area contributed by atoms with Crippen LogP contribution in [0.25, 0.3) is 0 Å². The van der Waals surface area contributed by atoms with E-state index in [4.69, 9.17) is 0 Å². The predicted molar refractivity (Wildman–Crippen MR) is 84.7 cm³/mol. The zero-order chi connectivity index (χ0) is 15.4. The standard InChI is InChI=1S/C15H24N6O/c1-19-7-3-4-13(12-19)20-8-10-21(11-9-20)15(22)17-14-5-2-6-16-18-14/h2,5-6,13H,3-4,7-12H2,1H3,(H,17,18,22). The van der Waals surface area contributed by atoms with Gasteiger partial charge in [-0.25, -0.2) is 4.79 Å². The topological polar surface area (TPSA) is 64.6 Å². The third-order valence-electron chi connectivity index (χ3n) is 4.52. The highest BCUT2D eigenvalue weighted by Gasteiger charge is 2.28. The number of piperidine rings is 1. The monoisotopic (exact) mass is 304 g/mol. The molecule has 3 heterocycles. The fourth-order valence-corrected chi connectivity index (χ4v) is 3.28. The molecule has 2 aliphatic rings. The predicted octanol–water partition coefficient (Wildman–Crippen LogP) is 0.720. The maximum atomic E-state index is 12.2. The molecular weight excluding hydrogens is 280 g/mol. The SMILES string of the molecule is CN1CCCC(N2CCN(C(=O)Nc3cccnn3)CC2)C1. The highest BCUT2D eigenvalue weighted by Crippen LogP contribution is 2.17. The van der Waals surface area contributed by atoms with E-state index in [1.165, 1.54) is 19.4 Å². The molecule has 0 aliphatic carbocycles. The number of anilines is 1. The number of hydrogen-bond acceptors (Lipinski definition) is 5. The van der Waals surface area contributed by atoms with E-state index in [0.717, 1.165) is 32.7 Å². The van der Waals surface area contributed by atoms with E-state index in [2.05, 4.69) is 32.4 Å². The van der Waals surface area contributed by atoms with Gasteiger partial charge in [0.1, 0.15) is 0 Å². The third-order valence-corrected chi connectivity index (χ3v) is 4.52. The molecule has 1 unspecified atom stereocenters. The summed E-state index contributed by atoms with van der Waals surface area (Å²) < 4.78 is 0. The van der Waals surface area contributed by atoms with Crippen LogP contribution in [0.3, 0.4) is 0 Å². The largest absolute Gasteiger partial charge is 0.323 e. The molecule has 2 amide bonds. The summed E-state index contributed by atoms with van der Waals surface area (Å²) in [5.41, 5.74) is 0. The second-order valence-electron chi connectivity index (χ2n) is 6.12. The van der Waals surface area contributed by atoms with Gasteiger partial charge in [-0.3, -0.25) is 10.2 Å².